The lowest BCUT2D eigenvalue weighted by molar-refractivity contribution is 0.0639. The second-order valence-electron chi connectivity index (χ2n) is 8.00. The van der Waals surface area contributed by atoms with Gasteiger partial charge in [-0.2, -0.15) is 0 Å². The maximum absolute atomic E-state index is 13.1. The first-order valence-corrected chi connectivity index (χ1v) is 14.2. The first-order chi connectivity index (χ1) is 17.6. The van der Waals surface area contributed by atoms with Crippen molar-refractivity contribution < 1.29 is 18.8 Å². The summed E-state index contributed by atoms with van der Waals surface area (Å²) in [6, 6.07) is 11.7. The molecule has 0 bridgehead atoms. The molecule has 1 fully saturated rings. The molecule has 0 radical (unpaired) electrons. The number of rotatable bonds is 7. The summed E-state index contributed by atoms with van der Waals surface area (Å²) in [6.07, 6.45) is 1.30. The number of alkyl halides is 3. The van der Waals surface area contributed by atoms with Gasteiger partial charge in [0.1, 0.15) is 11.5 Å². The SMILES string of the molecule is O=C(Nc1ccc(NC(=O)c2[nH]cnc2C(=O)NN2CCN(C(I)(I)I)CC2)cc1)c1ccc(F)cc1. The van der Waals surface area contributed by atoms with Crippen LogP contribution in [0.15, 0.2) is 54.9 Å². The van der Waals surface area contributed by atoms with Crippen molar-refractivity contribution in [1.82, 2.24) is 25.3 Å². The summed E-state index contributed by atoms with van der Waals surface area (Å²) in [7, 11) is 0. The molecule has 0 saturated carbocycles. The molecule has 4 rings (SSSR count). The third-order valence-corrected chi connectivity index (χ3v) is 7.53. The van der Waals surface area contributed by atoms with E-state index in [0.29, 0.717) is 30.0 Å². The number of aromatic amines is 1. The van der Waals surface area contributed by atoms with Crippen LogP contribution in [0, 0.1) is 5.82 Å². The molecule has 14 heteroatoms. The lowest BCUT2D eigenvalue weighted by Gasteiger charge is -2.38. The first kappa shape index (κ1) is 28.1. The van der Waals surface area contributed by atoms with Crippen molar-refractivity contribution in [3.8, 4) is 0 Å². The van der Waals surface area contributed by atoms with E-state index in [1.807, 2.05) is 5.01 Å². The minimum atomic E-state index is -0.528. The van der Waals surface area contributed by atoms with E-state index in [0.717, 1.165) is 13.1 Å². The van der Waals surface area contributed by atoms with E-state index < -0.39 is 17.6 Å². The Labute approximate surface area is 252 Å². The molecule has 2 aromatic carbocycles. The van der Waals surface area contributed by atoms with Crippen molar-refractivity contribution >= 4 is 96.9 Å². The van der Waals surface area contributed by atoms with Gasteiger partial charge in [-0.05, 0) is 116 Å². The van der Waals surface area contributed by atoms with Crippen molar-refractivity contribution in [3.63, 3.8) is 0 Å². The quantitative estimate of drug-likeness (QED) is 0.161. The van der Waals surface area contributed by atoms with Crippen LogP contribution in [0.5, 0.6) is 0 Å². The third kappa shape index (κ3) is 7.58. The molecule has 3 amide bonds. The second-order valence-corrected chi connectivity index (χ2v) is 18.9. The van der Waals surface area contributed by atoms with Crippen LogP contribution in [0.3, 0.4) is 0 Å². The zero-order valence-corrected chi connectivity index (χ0v) is 25.6. The molecule has 4 N–H and O–H groups in total. The summed E-state index contributed by atoms with van der Waals surface area (Å²) in [5.41, 5.74) is 4.14. The molecule has 3 aromatic rings. The number of anilines is 2. The van der Waals surface area contributed by atoms with Crippen LogP contribution in [-0.4, -0.2) is 63.3 Å². The maximum atomic E-state index is 13.1. The van der Waals surface area contributed by atoms with Gasteiger partial charge >= 0.3 is 0 Å². The van der Waals surface area contributed by atoms with Gasteiger partial charge in [-0.15, -0.1) is 0 Å². The van der Waals surface area contributed by atoms with Crippen molar-refractivity contribution in [1.29, 1.82) is 0 Å². The number of nitrogens with zero attached hydrogens (tertiary/aromatic N) is 3. The number of carbonyl (C=O) groups excluding carboxylic acids is 3. The Morgan fingerprint density at radius 3 is 1.97 bits per heavy atom. The molecule has 2 heterocycles. The minimum Gasteiger partial charge on any atom is -0.340 e. The summed E-state index contributed by atoms with van der Waals surface area (Å²) in [6.45, 7) is 2.89. The van der Waals surface area contributed by atoms with Crippen LogP contribution in [0.1, 0.15) is 31.3 Å². The van der Waals surface area contributed by atoms with Crippen molar-refractivity contribution in [3.05, 3.63) is 77.6 Å². The summed E-state index contributed by atoms with van der Waals surface area (Å²) in [5.74, 6) is -1.81. The summed E-state index contributed by atoms with van der Waals surface area (Å²) < 4.78 is 13.0. The number of piperazine rings is 1. The predicted molar refractivity (Wildman–Crippen MR) is 163 cm³/mol. The van der Waals surface area contributed by atoms with Crippen LogP contribution >= 0.6 is 67.8 Å². The van der Waals surface area contributed by atoms with Gasteiger partial charge in [0.2, 0.25) is 0 Å². The predicted octanol–water partition coefficient (Wildman–Crippen LogP) is 4.23. The van der Waals surface area contributed by atoms with Crippen LogP contribution in [-0.2, 0) is 0 Å². The highest BCUT2D eigenvalue weighted by atomic mass is 127. The van der Waals surface area contributed by atoms with Gasteiger partial charge in [0.15, 0.2) is 5.25 Å². The number of imidazole rings is 1. The van der Waals surface area contributed by atoms with Crippen LogP contribution in [0.25, 0.3) is 0 Å². The van der Waals surface area contributed by atoms with E-state index in [1.165, 1.54) is 30.6 Å². The fraction of sp³-hybridized carbons (Fsp3) is 0.217. The summed E-state index contributed by atoms with van der Waals surface area (Å²) >= 11 is 7.12. The number of carbonyl (C=O) groups is 3. The molecule has 0 spiro atoms. The van der Waals surface area contributed by atoms with E-state index in [1.54, 1.807) is 24.3 Å². The number of nitrogens with one attached hydrogen (secondary N) is 4. The Hall–Kier alpha value is -1.90. The molecule has 1 aromatic heterocycles. The number of hydrogen-bond acceptors (Lipinski definition) is 6. The summed E-state index contributed by atoms with van der Waals surface area (Å²) in [5, 5.41) is 7.25. The number of hydrazine groups is 1. The van der Waals surface area contributed by atoms with Crippen LogP contribution in [0.4, 0.5) is 15.8 Å². The zero-order chi connectivity index (χ0) is 26.6. The van der Waals surface area contributed by atoms with Gasteiger partial charge in [-0.25, -0.2) is 14.4 Å². The lowest BCUT2D eigenvalue weighted by atomic mass is 10.2. The van der Waals surface area contributed by atoms with Crippen molar-refractivity contribution in [2.45, 2.75) is -0.441 Å². The molecule has 37 heavy (non-hydrogen) atoms. The van der Waals surface area contributed by atoms with E-state index >= 15 is 0 Å². The average Bonchev–Trinajstić information content (AvgIpc) is 3.36. The fourth-order valence-electron chi connectivity index (χ4n) is 3.54. The highest BCUT2D eigenvalue weighted by Gasteiger charge is 2.31. The van der Waals surface area contributed by atoms with Crippen molar-refractivity contribution in [2.75, 3.05) is 36.8 Å². The van der Waals surface area contributed by atoms with Crippen LogP contribution < -0.4 is 16.1 Å². The largest absolute Gasteiger partial charge is 0.340 e. The second kappa shape index (κ2) is 12.3. The summed E-state index contributed by atoms with van der Waals surface area (Å²) in [4.78, 5) is 47.0. The van der Waals surface area contributed by atoms with Gasteiger partial charge in [0.05, 0.1) is 6.33 Å². The molecule has 1 aliphatic rings. The number of hydrogen-bond donors (Lipinski definition) is 4. The monoisotopic (exact) mass is 843 g/mol. The Morgan fingerprint density at radius 1 is 0.838 bits per heavy atom. The van der Waals surface area contributed by atoms with Gasteiger partial charge in [-0.1, -0.05) is 0 Å². The molecule has 0 aliphatic carbocycles. The molecule has 0 unspecified atom stereocenters. The number of aromatic nitrogens is 2. The van der Waals surface area contributed by atoms with E-state index in [2.05, 4.69) is 98.7 Å². The molecule has 0 atom stereocenters. The van der Waals surface area contributed by atoms with Gasteiger partial charge < -0.3 is 15.6 Å². The molecule has 10 nitrogen and oxygen atoms in total. The average molecular weight is 843 g/mol. The highest BCUT2D eigenvalue weighted by Crippen LogP contribution is 2.39. The molecular weight excluding hydrogens is 822 g/mol. The van der Waals surface area contributed by atoms with Crippen molar-refractivity contribution in [2.24, 2.45) is 0 Å². The molecule has 1 saturated heterocycles. The number of halogens is 4. The number of H-pyrrole nitrogens is 1. The third-order valence-electron chi connectivity index (χ3n) is 5.49. The molecule has 194 valence electrons. The maximum Gasteiger partial charge on any atom is 0.286 e. The van der Waals surface area contributed by atoms with E-state index in [-0.39, 0.29) is 16.9 Å². The molecule has 1 aliphatic heterocycles. The lowest BCUT2D eigenvalue weighted by Crippen LogP contribution is -2.55. The topological polar surface area (TPSA) is 122 Å². The van der Waals surface area contributed by atoms with Gasteiger partial charge in [-0.3, -0.25) is 24.7 Å². The van der Waals surface area contributed by atoms with Crippen LogP contribution in [0.2, 0.25) is 0 Å². The Bertz CT molecular complexity index is 1270. The Kier molecular flexibility index (Phi) is 9.35. The Balaban J connectivity index is 1.32. The standard InChI is InChI=1S/C23H21FI3N7O3/c24-15-3-1-14(2-4-15)20(35)30-16-5-7-17(8-6-16)31-21(36)18-19(29-13-28-18)22(37)32-34-11-9-33(10-12-34)23(25,26)27/h1-8,13H,9-12H2,(H,28,29)(H,30,35)(H,31,36)(H,32,37). The number of amides is 3. The van der Waals surface area contributed by atoms with Gasteiger partial charge in [0, 0.05) is 43.1 Å². The van der Waals surface area contributed by atoms with E-state index in [4.69, 9.17) is 0 Å². The van der Waals surface area contributed by atoms with E-state index in [9.17, 15) is 18.8 Å². The Morgan fingerprint density at radius 2 is 1.41 bits per heavy atom. The minimum absolute atomic E-state index is 0.00543. The smallest absolute Gasteiger partial charge is 0.286 e. The zero-order valence-electron chi connectivity index (χ0n) is 19.1. The molecular formula is C23H21FI3N7O3. The normalized spacial score (nSPS) is 14.7. The first-order valence-electron chi connectivity index (χ1n) is 11.0. The number of benzene rings is 2. The van der Waals surface area contributed by atoms with Gasteiger partial charge in [0.25, 0.3) is 17.7 Å². The highest BCUT2D eigenvalue weighted by molar-refractivity contribution is 14.3. The fourth-order valence-corrected chi connectivity index (χ4v) is 4.99.